The first-order valence-corrected chi connectivity index (χ1v) is 9.73. The summed E-state index contributed by atoms with van der Waals surface area (Å²) >= 11 is 19.0. The van der Waals surface area contributed by atoms with Crippen LogP contribution in [-0.2, 0) is 0 Å². The van der Waals surface area contributed by atoms with Gasteiger partial charge in [0.1, 0.15) is 5.82 Å². The lowest BCUT2D eigenvalue weighted by Gasteiger charge is -2.13. The normalized spacial score (nSPS) is 23.8. The maximum absolute atomic E-state index is 13.9. The van der Waals surface area contributed by atoms with Crippen LogP contribution in [0.5, 0.6) is 0 Å². The summed E-state index contributed by atoms with van der Waals surface area (Å²) in [5.74, 6) is -0.396. The van der Waals surface area contributed by atoms with E-state index in [4.69, 9.17) is 34.8 Å². The summed E-state index contributed by atoms with van der Waals surface area (Å²) in [6.07, 6.45) is 0. The van der Waals surface area contributed by atoms with Crippen LogP contribution in [0, 0.1) is 18.7 Å². The fraction of sp³-hybridized carbons (Fsp3) is 0.273. The summed E-state index contributed by atoms with van der Waals surface area (Å²) in [6.45, 7) is 13.7. The zero-order valence-corrected chi connectivity index (χ0v) is 17.7. The van der Waals surface area contributed by atoms with Crippen LogP contribution in [0.4, 0.5) is 10.1 Å². The number of rotatable bonds is 5. The zero-order valence-electron chi connectivity index (χ0n) is 15.5. The van der Waals surface area contributed by atoms with E-state index in [0.717, 1.165) is 28.1 Å². The fourth-order valence-electron chi connectivity index (χ4n) is 3.67. The number of nitrogens with one attached hydrogen (secondary N) is 1. The van der Waals surface area contributed by atoms with Crippen molar-refractivity contribution in [1.82, 2.24) is 0 Å². The standard InChI is InChI=1S/C22H21Cl3FN/c1-11(2)16-10-15(6-7-17(16)23)27-13(4)19-20(22(19,5)25)14-8-12(3)21(26)18(24)9-14/h6-10,19-20,27H,1,4H2,2-3,5H3. The van der Waals surface area contributed by atoms with Crippen molar-refractivity contribution in [1.29, 1.82) is 0 Å². The molecule has 0 heterocycles. The van der Waals surface area contributed by atoms with Crippen molar-refractivity contribution in [3.8, 4) is 0 Å². The Morgan fingerprint density at radius 3 is 2.41 bits per heavy atom. The van der Waals surface area contributed by atoms with Gasteiger partial charge in [-0.3, -0.25) is 0 Å². The summed E-state index contributed by atoms with van der Waals surface area (Å²) in [6, 6.07) is 9.12. The lowest BCUT2D eigenvalue weighted by atomic mass is 10.0. The molecule has 1 aliphatic rings. The van der Waals surface area contributed by atoms with E-state index in [1.54, 1.807) is 19.1 Å². The summed E-state index contributed by atoms with van der Waals surface area (Å²) in [7, 11) is 0. The molecule has 1 N–H and O–H groups in total. The van der Waals surface area contributed by atoms with E-state index in [1.165, 1.54) is 0 Å². The molecule has 0 spiro atoms. The molecule has 1 aliphatic carbocycles. The Kier molecular flexibility index (Phi) is 5.37. The summed E-state index contributed by atoms with van der Waals surface area (Å²) in [5.41, 5.74) is 4.87. The van der Waals surface area contributed by atoms with Crippen LogP contribution in [0.1, 0.15) is 36.5 Å². The molecule has 142 valence electrons. The van der Waals surface area contributed by atoms with Crippen LogP contribution in [0.15, 0.2) is 49.2 Å². The molecule has 0 aliphatic heterocycles. The fourth-order valence-corrected chi connectivity index (χ4v) is 4.67. The van der Waals surface area contributed by atoms with Gasteiger partial charge in [0.05, 0.1) is 9.90 Å². The molecule has 0 bridgehead atoms. The largest absolute Gasteiger partial charge is 0.359 e. The molecule has 3 atom stereocenters. The maximum Gasteiger partial charge on any atom is 0.144 e. The van der Waals surface area contributed by atoms with Crippen molar-refractivity contribution in [2.75, 3.05) is 5.32 Å². The monoisotopic (exact) mass is 423 g/mol. The zero-order chi connectivity index (χ0) is 20.1. The third kappa shape index (κ3) is 3.76. The highest BCUT2D eigenvalue weighted by Gasteiger charge is 2.62. The van der Waals surface area contributed by atoms with Crippen LogP contribution in [0.25, 0.3) is 5.57 Å². The Hall–Kier alpha value is -1.48. The van der Waals surface area contributed by atoms with Gasteiger partial charge in [0.2, 0.25) is 0 Å². The van der Waals surface area contributed by atoms with Crippen LogP contribution < -0.4 is 5.32 Å². The lowest BCUT2D eigenvalue weighted by Crippen LogP contribution is -2.05. The minimum atomic E-state index is -0.513. The lowest BCUT2D eigenvalue weighted by molar-refractivity contribution is 0.618. The second-order valence-electron chi connectivity index (χ2n) is 7.37. The summed E-state index contributed by atoms with van der Waals surface area (Å²) in [5, 5.41) is 4.11. The number of alkyl halides is 1. The summed E-state index contributed by atoms with van der Waals surface area (Å²) < 4.78 is 13.9. The van der Waals surface area contributed by atoms with Gasteiger partial charge in [0.15, 0.2) is 0 Å². The third-order valence-electron chi connectivity index (χ3n) is 5.14. The Labute approximate surface area is 174 Å². The highest BCUT2D eigenvalue weighted by Crippen LogP contribution is 2.64. The van der Waals surface area contributed by atoms with Crippen molar-refractivity contribution in [3.05, 3.63) is 81.7 Å². The van der Waals surface area contributed by atoms with Gasteiger partial charge >= 0.3 is 0 Å². The van der Waals surface area contributed by atoms with E-state index in [-0.39, 0.29) is 22.7 Å². The average Bonchev–Trinajstić information content (AvgIpc) is 3.16. The number of halogens is 4. The van der Waals surface area contributed by atoms with Gasteiger partial charge in [-0.25, -0.2) is 4.39 Å². The first-order chi connectivity index (χ1) is 12.5. The maximum atomic E-state index is 13.9. The molecule has 2 aromatic carbocycles. The van der Waals surface area contributed by atoms with Crippen LogP contribution >= 0.6 is 34.8 Å². The predicted molar refractivity (Wildman–Crippen MR) is 116 cm³/mol. The van der Waals surface area contributed by atoms with E-state index in [0.29, 0.717) is 10.6 Å². The van der Waals surface area contributed by atoms with Gasteiger partial charge in [-0.05, 0) is 67.3 Å². The van der Waals surface area contributed by atoms with Gasteiger partial charge in [-0.2, -0.15) is 0 Å². The first-order valence-electron chi connectivity index (χ1n) is 8.59. The topological polar surface area (TPSA) is 12.0 Å². The summed E-state index contributed by atoms with van der Waals surface area (Å²) in [4.78, 5) is -0.513. The molecule has 1 nitrogen and oxygen atoms in total. The van der Waals surface area contributed by atoms with Crippen molar-refractivity contribution in [2.24, 2.45) is 5.92 Å². The number of hydrogen-bond donors (Lipinski definition) is 1. The Morgan fingerprint density at radius 1 is 1.15 bits per heavy atom. The van der Waals surface area contributed by atoms with Crippen LogP contribution in [0.2, 0.25) is 10.0 Å². The molecule has 27 heavy (non-hydrogen) atoms. The second kappa shape index (κ2) is 7.16. The molecule has 5 heteroatoms. The van der Waals surface area contributed by atoms with Crippen molar-refractivity contribution < 1.29 is 4.39 Å². The highest BCUT2D eigenvalue weighted by atomic mass is 35.5. The van der Waals surface area contributed by atoms with Crippen molar-refractivity contribution in [3.63, 3.8) is 0 Å². The molecular formula is C22H21Cl3FN. The molecule has 0 radical (unpaired) electrons. The number of aryl methyl sites for hydroxylation is 1. The van der Waals surface area contributed by atoms with Gasteiger partial charge in [0.25, 0.3) is 0 Å². The van der Waals surface area contributed by atoms with E-state index in [9.17, 15) is 4.39 Å². The van der Waals surface area contributed by atoms with Crippen LogP contribution in [-0.4, -0.2) is 4.87 Å². The minimum absolute atomic E-state index is 0.00359. The molecule has 0 amide bonds. The third-order valence-corrected chi connectivity index (χ3v) is 6.21. The molecule has 0 aromatic heterocycles. The number of anilines is 1. The first kappa shape index (κ1) is 20.3. The smallest absolute Gasteiger partial charge is 0.144 e. The SMILES string of the molecule is C=C(C)c1cc(NC(=C)C2C(c3cc(C)c(F)c(Cl)c3)C2(C)Cl)ccc1Cl. The number of benzene rings is 2. The Balaban J connectivity index is 1.84. The molecule has 0 saturated heterocycles. The van der Waals surface area contributed by atoms with Gasteiger partial charge in [-0.1, -0.05) is 42.4 Å². The highest BCUT2D eigenvalue weighted by molar-refractivity contribution is 6.32. The van der Waals surface area contributed by atoms with Gasteiger partial charge in [0, 0.05) is 28.2 Å². The van der Waals surface area contributed by atoms with E-state index in [1.807, 2.05) is 32.0 Å². The van der Waals surface area contributed by atoms with E-state index in [2.05, 4.69) is 18.5 Å². The Bertz CT molecular complexity index is 926. The van der Waals surface area contributed by atoms with Crippen LogP contribution in [0.3, 0.4) is 0 Å². The number of allylic oxidation sites excluding steroid dienone is 2. The van der Waals surface area contributed by atoms with Gasteiger partial charge < -0.3 is 5.32 Å². The second-order valence-corrected chi connectivity index (χ2v) is 8.99. The number of hydrogen-bond acceptors (Lipinski definition) is 1. The predicted octanol–water partition coefficient (Wildman–Crippen LogP) is 7.81. The molecule has 1 fully saturated rings. The molecule has 3 rings (SSSR count). The van der Waals surface area contributed by atoms with E-state index >= 15 is 0 Å². The van der Waals surface area contributed by atoms with Gasteiger partial charge in [-0.15, -0.1) is 11.6 Å². The average molecular weight is 425 g/mol. The minimum Gasteiger partial charge on any atom is -0.359 e. The molecule has 2 aromatic rings. The van der Waals surface area contributed by atoms with Crippen molar-refractivity contribution in [2.45, 2.75) is 31.6 Å². The van der Waals surface area contributed by atoms with E-state index < -0.39 is 4.87 Å². The molecule has 1 saturated carbocycles. The van der Waals surface area contributed by atoms with Crippen molar-refractivity contribution >= 4 is 46.1 Å². The molecular weight excluding hydrogens is 404 g/mol. The Morgan fingerprint density at radius 2 is 1.81 bits per heavy atom. The quantitative estimate of drug-likeness (QED) is 0.482. The molecule has 3 unspecified atom stereocenters.